The molecule has 6 nitrogen and oxygen atoms in total. The molecule has 23 heavy (non-hydrogen) atoms. The van der Waals surface area contributed by atoms with E-state index >= 15 is 0 Å². The van der Waals surface area contributed by atoms with E-state index in [9.17, 15) is 4.79 Å². The van der Waals surface area contributed by atoms with Crippen LogP contribution < -0.4 is 15.8 Å². The van der Waals surface area contributed by atoms with Gasteiger partial charge in [0.2, 0.25) is 0 Å². The SMILES string of the molecule is N=C(N)c1ccc(OCCCCNCCCCCC(=O)O)cc1. The van der Waals surface area contributed by atoms with Crippen LogP contribution in [-0.4, -0.2) is 36.6 Å². The molecule has 5 N–H and O–H groups in total. The fourth-order valence-corrected chi connectivity index (χ4v) is 2.10. The molecule has 0 radical (unpaired) electrons. The number of rotatable bonds is 13. The Bertz CT molecular complexity index is 474. The van der Waals surface area contributed by atoms with Crippen LogP contribution in [0.5, 0.6) is 5.75 Å². The molecule has 0 saturated heterocycles. The van der Waals surface area contributed by atoms with Crippen LogP contribution in [-0.2, 0) is 4.79 Å². The van der Waals surface area contributed by atoms with Crippen molar-refractivity contribution in [3.8, 4) is 5.75 Å². The Labute approximate surface area is 137 Å². The second-order valence-electron chi connectivity index (χ2n) is 5.45. The number of hydrogen-bond acceptors (Lipinski definition) is 4. The van der Waals surface area contributed by atoms with Crippen molar-refractivity contribution in [2.24, 2.45) is 5.73 Å². The number of hydrogen-bond donors (Lipinski definition) is 4. The molecule has 1 aromatic rings. The molecule has 0 aliphatic rings. The maximum atomic E-state index is 10.3. The standard InChI is InChI=1S/C17H27N3O3/c18-17(19)14-7-9-15(10-8-14)23-13-5-4-12-20-11-3-1-2-6-16(21)22/h7-10,20H,1-6,11-13H2,(H3,18,19)(H,21,22). The zero-order valence-electron chi connectivity index (χ0n) is 13.5. The number of carboxylic acid groups (broad SMARTS) is 1. The number of nitrogens with two attached hydrogens (primary N) is 1. The first-order chi connectivity index (χ1) is 11.1. The molecule has 0 unspecified atom stereocenters. The van der Waals surface area contributed by atoms with Crippen LogP contribution in [0.3, 0.4) is 0 Å². The van der Waals surface area contributed by atoms with Crippen LogP contribution in [0, 0.1) is 5.41 Å². The maximum Gasteiger partial charge on any atom is 0.303 e. The van der Waals surface area contributed by atoms with E-state index < -0.39 is 5.97 Å². The van der Waals surface area contributed by atoms with Gasteiger partial charge < -0.3 is 20.9 Å². The van der Waals surface area contributed by atoms with Crippen LogP contribution in [0.4, 0.5) is 0 Å². The van der Waals surface area contributed by atoms with Gasteiger partial charge in [0, 0.05) is 12.0 Å². The minimum Gasteiger partial charge on any atom is -0.494 e. The molecule has 0 heterocycles. The second kappa shape index (κ2) is 11.5. The molecule has 6 heteroatoms. The van der Waals surface area contributed by atoms with Gasteiger partial charge in [-0.15, -0.1) is 0 Å². The lowest BCUT2D eigenvalue weighted by Crippen LogP contribution is -2.17. The van der Waals surface area contributed by atoms with Gasteiger partial charge in [0.15, 0.2) is 0 Å². The van der Waals surface area contributed by atoms with Gasteiger partial charge in [0.05, 0.1) is 6.61 Å². The van der Waals surface area contributed by atoms with Gasteiger partial charge in [-0.25, -0.2) is 0 Å². The lowest BCUT2D eigenvalue weighted by Gasteiger charge is -2.07. The monoisotopic (exact) mass is 321 g/mol. The number of nitrogen functional groups attached to an aromatic ring is 1. The molecular weight excluding hydrogens is 294 g/mol. The number of unbranched alkanes of at least 4 members (excludes halogenated alkanes) is 3. The first-order valence-corrected chi connectivity index (χ1v) is 8.09. The molecule has 0 fully saturated rings. The number of benzene rings is 1. The zero-order valence-corrected chi connectivity index (χ0v) is 13.5. The highest BCUT2D eigenvalue weighted by atomic mass is 16.5. The van der Waals surface area contributed by atoms with Crippen molar-refractivity contribution >= 4 is 11.8 Å². The number of nitrogens with one attached hydrogen (secondary N) is 2. The summed E-state index contributed by atoms with van der Waals surface area (Å²) >= 11 is 0. The van der Waals surface area contributed by atoms with Crippen molar-refractivity contribution in [3.63, 3.8) is 0 Å². The van der Waals surface area contributed by atoms with Crippen LogP contribution in [0.25, 0.3) is 0 Å². The summed E-state index contributed by atoms with van der Waals surface area (Å²) in [4.78, 5) is 10.3. The normalized spacial score (nSPS) is 10.4. The van der Waals surface area contributed by atoms with Crippen LogP contribution in [0.2, 0.25) is 0 Å². The molecule has 0 aromatic heterocycles. The average molecular weight is 321 g/mol. The quantitative estimate of drug-likeness (QED) is 0.253. The van der Waals surface area contributed by atoms with Crippen molar-refractivity contribution < 1.29 is 14.6 Å². The molecule has 0 atom stereocenters. The van der Waals surface area contributed by atoms with Crippen LogP contribution in [0.15, 0.2) is 24.3 Å². The number of ether oxygens (including phenoxy) is 1. The minimum absolute atomic E-state index is 0.0607. The Morgan fingerprint density at radius 1 is 1.09 bits per heavy atom. The molecule has 0 saturated carbocycles. The van der Waals surface area contributed by atoms with Crippen molar-refractivity contribution in [2.75, 3.05) is 19.7 Å². The summed E-state index contributed by atoms with van der Waals surface area (Å²) in [6, 6.07) is 7.21. The largest absolute Gasteiger partial charge is 0.494 e. The van der Waals surface area contributed by atoms with E-state index in [-0.39, 0.29) is 12.3 Å². The molecule has 0 bridgehead atoms. The van der Waals surface area contributed by atoms with Gasteiger partial charge in [-0.3, -0.25) is 10.2 Å². The van der Waals surface area contributed by atoms with Crippen molar-refractivity contribution in [1.29, 1.82) is 5.41 Å². The lowest BCUT2D eigenvalue weighted by molar-refractivity contribution is -0.137. The maximum absolute atomic E-state index is 10.3. The molecule has 0 spiro atoms. The molecule has 128 valence electrons. The molecule has 1 aromatic carbocycles. The highest BCUT2D eigenvalue weighted by Gasteiger charge is 1.98. The third-order valence-corrected chi connectivity index (χ3v) is 3.43. The zero-order chi connectivity index (χ0) is 16.9. The Balaban J connectivity index is 1.93. The summed E-state index contributed by atoms with van der Waals surface area (Å²) < 4.78 is 5.63. The predicted octanol–water partition coefficient (Wildman–Crippen LogP) is 2.36. The third kappa shape index (κ3) is 9.52. The van der Waals surface area contributed by atoms with Crippen molar-refractivity contribution in [2.45, 2.75) is 38.5 Å². The van der Waals surface area contributed by atoms with E-state index in [0.29, 0.717) is 12.2 Å². The van der Waals surface area contributed by atoms with Crippen molar-refractivity contribution in [3.05, 3.63) is 29.8 Å². The summed E-state index contributed by atoms with van der Waals surface area (Å²) in [7, 11) is 0. The van der Waals surface area contributed by atoms with Gasteiger partial charge in [0.1, 0.15) is 11.6 Å². The highest BCUT2D eigenvalue weighted by molar-refractivity contribution is 5.94. The fraction of sp³-hybridized carbons (Fsp3) is 0.529. The Morgan fingerprint density at radius 2 is 1.74 bits per heavy atom. The summed E-state index contributed by atoms with van der Waals surface area (Å²) in [6.45, 7) is 2.55. The number of carbonyl (C=O) groups is 1. The van der Waals surface area contributed by atoms with Gasteiger partial charge in [-0.1, -0.05) is 6.42 Å². The van der Waals surface area contributed by atoms with Gasteiger partial charge in [0.25, 0.3) is 0 Å². The smallest absolute Gasteiger partial charge is 0.303 e. The lowest BCUT2D eigenvalue weighted by atomic mass is 10.2. The Kier molecular flexibility index (Phi) is 9.47. The molecule has 0 aliphatic heterocycles. The van der Waals surface area contributed by atoms with Crippen LogP contribution in [0.1, 0.15) is 44.1 Å². The third-order valence-electron chi connectivity index (χ3n) is 3.43. The number of amidine groups is 1. The number of carboxylic acids is 1. The van der Waals surface area contributed by atoms with Gasteiger partial charge >= 0.3 is 5.97 Å². The van der Waals surface area contributed by atoms with E-state index in [0.717, 1.165) is 50.9 Å². The van der Waals surface area contributed by atoms with Gasteiger partial charge in [-0.2, -0.15) is 0 Å². The topological polar surface area (TPSA) is 108 Å². The minimum atomic E-state index is -0.714. The summed E-state index contributed by atoms with van der Waals surface area (Å²) in [5, 5.41) is 19.2. The first-order valence-electron chi connectivity index (χ1n) is 8.09. The summed E-state index contributed by atoms with van der Waals surface area (Å²) in [5.41, 5.74) is 6.09. The molecule has 0 amide bonds. The van der Waals surface area contributed by atoms with Crippen LogP contribution >= 0.6 is 0 Å². The second-order valence-corrected chi connectivity index (χ2v) is 5.45. The highest BCUT2D eigenvalue weighted by Crippen LogP contribution is 2.12. The molecule has 0 aliphatic carbocycles. The Morgan fingerprint density at radius 3 is 2.35 bits per heavy atom. The fourth-order valence-electron chi connectivity index (χ4n) is 2.10. The Hall–Kier alpha value is -2.08. The van der Waals surface area contributed by atoms with Gasteiger partial charge in [-0.05, 0) is 63.0 Å². The summed E-state index contributed by atoms with van der Waals surface area (Å²) in [5.74, 6) is 0.140. The molecular formula is C17H27N3O3. The first kappa shape index (κ1) is 19.0. The predicted molar refractivity (Wildman–Crippen MR) is 91.2 cm³/mol. The van der Waals surface area contributed by atoms with Crippen molar-refractivity contribution in [1.82, 2.24) is 5.32 Å². The summed E-state index contributed by atoms with van der Waals surface area (Å²) in [6.07, 6.45) is 5.02. The van der Waals surface area contributed by atoms with E-state index in [1.165, 1.54) is 0 Å². The van der Waals surface area contributed by atoms with E-state index in [4.69, 9.17) is 21.0 Å². The van der Waals surface area contributed by atoms with E-state index in [1.54, 1.807) is 12.1 Å². The number of aliphatic carboxylic acids is 1. The average Bonchev–Trinajstić information content (AvgIpc) is 2.52. The molecule has 1 rings (SSSR count). The van der Waals surface area contributed by atoms with E-state index in [1.807, 2.05) is 12.1 Å². The van der Waals surface area contributed by atoms with E-state index in [2.05, 4.69) is 5.32 Å².